The summed E-state index contributed by atoms with van der Waals surface area (Å²) in [5.74, 6) is -1.23. The maximum absolute atomic E-state index is 10.8. The molecule has 0 fully saturated rings. The number of rotatable bonds is 5. The highest BCUT2D eigenvalue weighted by molar-refractivity contribution is 6.40. The van der Waals surface area contributed by atoms with E-state index >= 15 is 0 Å². The van der Waals surface area contributed by atoms with Crippen molar-refractivity contribution in [1.82, 2.24) is 0 Å². The lowest BCUT2D eigenvalue weighted by atomic mass is 10.1. The molecule has 0 aromatic carbocycles. The Morgan fingerprint density at radius 1 is 1.09 bits per heavy atom. The summed E-state index contributed by atoms with van der Waals surface area (Å²) in [5.41, 5.74) is 0. The highest BCUT2D eigenvalue weighted by atomic mass is 16.2. The summed E-state index contributed by atoms with van der Waals surface area (Å²) >= 11 is 0. The average molecular weight is 156 g/mol. The SMILES string of the molecule is CCCC(=O)C(=O)CC(C)=O. The zero-order chi connectivity index (χ0) is 8.85. The van der Waals surface area contributed by atoms with Crippen molar-refractivity contribution in [3.05, 3.63) is 0 Å². The maximum Gasteiger partial charge on any atom is 0.205 e. The first-order chi connectivity index (χ1) is 5.07. The molecule has 0 spiro atoms. The van der Waals surface area contributed by atoms with Gasteiger partial charge >= 0.3 is 0 Å². The van der Waals surface area contributed by atoms with E-state index in [4.69, 9.17) is 0 Å². The number of hydrogen-bond acceptors (Lipinski definition) is 3. The van der Waals surface area contributed by atoms with E-state index in [1.807, 2.05) is 6.92 Å². The monoisotopic (exact) mass is 156 g/mol. The molecule has 0 saturated carbocycles. The fourth-order valence-corrected chi connectivity index (χ4v) is 0.691. The van der Waals surface area contributed by atoms with Crippen LogP contribution in [0.4, 0.5) is 0 Å². The number of hydrogen-bond donors (Lipinski definition) is 0. The van der Waals surface area contributed by atoms with Crippen molar-refractivity contribution in [2.24, 2.45) is 0 Å². The highest BCUT2D eigenvalue weighted by Crippen LogP contribution is 1.94. The molecule has 3 heteroatoms. The Morgan fingerprint density at radius 3 is 2.00 bits per heavy atom. The van der Waals surface area contributed by atoms with Crippen LogP contribution in [0.1, 0.15) is 33.1 Å². The van der Waals surface area contributed by atoms with Crippen LogP contribution in [0.15, 0.2) is 0 Å². The molecule has 3 nitrogen and oxygen atoms in total. The van der Waals surface area contributed by atoms with Gasteiger partial charge in [-0.05, 0) is 13.3 Å². The fourth-order valence-electron chi connectivity index (χ4n) is 0.691. The summed E-state index contributed by atoms with van der Waals surface area (Å²) in [7, 11) is 0. The minimum atomic E-state index is -0.556. The Bertz CT molecular complexity index is 182. The van der Waals surface area contributed by atoms with Crippen molar-refractivity contribution >= 4 is 17.3 Å². The number of Topliss-reactive ketones (excluding diaryl/α,β-unsaturated/α-hetero) is 3. The quantitative estimate of drug-likeness (QED) is 0.439. The Morgan fingerprint density at radius 2 is 1.64 bits per heavy atom. The molecule has 0 aliphatic rings. The maximum atomic E-state index is 10.8. The van der Waals surface area contributed by atoms with Crippen LogP contribution in [0, 0.1) is 0 Å². The van der Waals surface area contributed by atoms with Crippen LogP contribution in [-0.4, -0.2) is 17.3 Å². The molecule has 0 aromatic rings. The van der Waals surface area contributed by atoms with Crippen LogP contribution in [0.25, 0.3) is 0 Å². The Labute approximate surface area is 65.8 Å². The Kier molecular flexibility index (Phi) is 4.34. The zero-order valence-corrected chi connectivity index (χ0v) is 6.85. The number of carbonyl (C=O) groups excluding carboxylic acids is 3. The van der Waals surface area contributed by atoms with Gasteiger partial charge in [-0.25, -0.2) is 0 Å². The largest absolute Gasteiger partial charge is 0.300 e. The van der Waals surface area contributed by atoms with E-state index < -0.39 is 11.6 Å². The minimum Gasteiger partial charge on any atom is -0.300 e. The molecule has 0 aromatic heterocycles. The van der Waals surface area contributed by atoms with Gasteiger partial charge in [0.2, 0.25) is 5.78 Å². The van der Waals surface area contributed by atoms with E-state index in [0.717, 1.165) is 0 Å². The lowest BCUT2D eigenvalue weighted by Gasteiger charge is -1.93. The van der Waals surface area contributed by atoms with E-state index in [9.17, 15) is 14.4 Å². The lowest BCUT2D eigenvalue weighted by molar-refractivity contribution is -0.138. The standard InChI is InChI=1S/C8H12O3/c1-3-4-7(10)8(11)5-6(2)9/h3-5H2,1-2H3. The third-order valence-corrected chi connectivity index (χ3v) is 1.20. The molecule has 0 bridgehead atoms. The van der Waals surface area contributed by atoms with Gasteiger partial charge in [-0.3, -0.25) is 14.4 Å². The second kappa shape index (κ2) is 4.77. The van der Waals surface area contributed by atoms with Gasteiger partial charge in [-0.2, -0.15) is 0 Å². The third-order valence-electron chi connectivity index (χ3n) is 1.20. The van der Waals surface area contributed by atoms with Gasteiger partial charge in [0.05, 0.1) is 6.42 Å². The van der Waals surface area contributed by atoms with Gasteiger partial charge in [0.25, 0.3) is 0 Å². The molecule has 0 atom stereocenters. The molecule has 0 saturated heterocycles. The van der Waals surface area contributed by atoms with Crippen molar-refractivity contribution < 1.29 is 14.4 Å². The van der Waals surface area contributed by atoms with E-state index in [0.29, 0.717) is 6.42 Å². The summed E-state index contributed by atoms with van der Waals surface area (Å²) in [6.45, 7) is 3.12. The first-order valence-electron chi connectivity index (χ1n) is 3.63. The second-order valence-corrected chi connectivity index (χ2v) is 2.48. The predicted octanol–water partition coefficient (Wildman–Crippen LogP) is 0.904. The smallest absolute Gasteiger partial charge is 0.205 e. The second-order valence-electron chi connectivity index (χ2n) is 2.48. The fraction of sp³-hybridized carbons (Fsp3) is 0.625. The molecule has 0 unspecified atom stereocenters. The normalized spacial score (nSPS) is 9.27. The van der Waals surface area contributed by atoms with Crippen LogP contribution < -0.4 is 0 Å². The van der Waals surface area contributed by atoms with Gasteiger partial charge in [-0.1, -0.05) is 6.92 Å². The molecule has 0 heterocycles. The van der Waals surface area contributed by atoms with E-state index in [-0.39, 0.29) is 18.6 Å². The molecule has 0 radical (unpaired) electrons. The molecule has 0 N–H and O–H groups in total. The summed E-state index contributed by atoms with van der Waals surface area (Å²) < 4.78 is 0. The van der Waals surface area contributed by atoms with Crippen molar-refractivity contribution in [2.75, 3.05) is 0 Å². The van der Waals surface area contributed by atoms with E-state index in [1.54, 1.807) is 0 Å². The summed E-state index contributed by atoms with van der Waals surface area (Å²) in [4.78, 5) is 31.9. The third kappa shape index (κ3) is 4.42. The van der Waals surface area contributed by atoms with Crippen molar-refractivity contribution in [1.29, 1.82) is 0 Å². The Balaban J connectivity index is 3.83. The van der Waals surface area contributed by atoms with Gasteiger partial charge < -0.3 is 0 Å². The van der Waals surface area contributed by atoms with Crippen molar-refractivity contribution in [2.45, 2.75) is 33.1 Å². The lowest BCUT2D eigenvalue weighted by Crippen LogP contribution is -2.15. The van der Waals surface area contributed by atoms with Crippen LogP contribution in [0.2, 0.25) is 0 Å². The summed E-state index contributed by atoms with van der Waals surface area (Å²) in [6.07, 6.45) is 0.674. The van der Waals surface area contributed by atoms with Crippen LogP contribution in [-0.2, 0) is 14.4 Å². The molecule has 0 amide bonds. The van der Waals surface area contributed by atoms with Crippen molar-refractivity contribution in [3.63, 3.8) is 0 Å². The minimum absolute atomic E-state index is 0.237. The van der Waals surface area contributed by atoms with Gasteiger partial charge in [0.15, 0.2) is 5.78 Å². The molecule has 62 valence electrons. The van der Waals surface area contributed by atoms with Gasteiger partial charge in [-0.15, -0.1) is 0 Å². The highest BCUT2D eigenvalue weighted by Gasteiger charge is 2.13. The summed E-state index contributed by atoms with van der Waals surface area (Å²) in [5, 5.41) is 0. The molecular weight excluding hydrogens is 144 g/mol. The zero-order valence-electron chi connectivity index (χ0n) is 6.85. The molecular formula is C8H12O3. The van der Waals surface area contributed by atoms with Crippen LogP contribution >= 0.6 is 0 Å². The number of carbonyl (C=O) groups is 3. The van der Waals surface area contributed by atoms with Crippen molar-refractivity contribution in [3.8, 4) is 0 Å². The average Bonchev–Trinajstić information content (AvgIpc) is 1.86. The molecule has 0 aliphatic carbocycles. The first-order valence-corrected chi connectivity index (χ1v) is 3.63. The van der Waals surface area contributed by atoms with Crippen LogP contribution in [0.3, 0.4) is 0 Å². The molecule has 0 rings (SSSR count). The van der Waals surface area contributed by atoms with E-state index in [2.05, 4.69) is 0 Å². The van der Waals surface area contributed by atoms with Gasteiger partial charge in [0.1, 0.15) is 5.78 Å². The van der Waals surface area contributed by atoms with Crippen LogP contribution in [0.5, 0.6) is 0 Å². The molecule has 11 heavy (non-hydrogen) atoms. The summed E-state index contributed by atoms with van der Waals surface area (Å²) in [6, 6.07) is 0. The topological polar surface area (TPSA) is 51.2 Å². The predicted molar refractivity (Wildman–Crippen MR) is 40.2 cm³/mol. The van der Waals surface area contributed by atoms with E-state index in [1.165, 1.54) is 6.92 Å². The Hall–Kier alpha value is -0.990. The first kappa shape index (κ1) is 10.0. The van der Waals surface area contributed by atoms with Gasteiger partial charge in [0, 0.05) is 6.42 Å². The number of ketones is 3. The molecule has 0 aliphatic heterocycles.